The highest BCUT2D eigenvalue weighted by molar-refractivity contribution is 5.64. The molecule has 0 amide bonds. The Bertz CT molecular complexity index is 1290. The summed E-state index contributed by atoms with van der Waals surface area (Å²) in [5.41, 5.74) is 8.32. The van der Waals surface area contributed by atoms with Crippen LogP contribution in [0, 0.1) is 12.7 Å². The van der Waals surface area contributed by atoms with Gasteiger partial charge in [0.2, 0.25) is 0 Å². The van der Waals surface area contributed by atoms with Crippen LogP contribution in [0.2, 0.25) is 0 Å². The minimum absolute atomic E-state index is 0.232. The molecule has 37 heavy (non-hydrogen) atoms. The van der Waals surface area contributed by atoms with E-state index in [1.807, 2.05) is 18.2 Å². The van der Waals surface area contributed by atoms with E-state index < -0.39 is 5.67 Å². The SMILES string of the molecule is C=C/C(=C\C=C(/C)Cc1ccc(CC(C)(C)F)cc1)C(=C)NCc1ccc(-c2ccc(F)cc2)cc1C. The van der Waals surface area contributed by atoms with Crippen LogP contribution in [0.15, 0.2) is 115 Å². The highest BCUT2D eigenvalue weighted by atomic mass is 19.1. The first-order valence-corrected chi connectivity index (χ1v) is 12.6. The molecule has 1 nitrogen and oxygen atoms in total. The Morgan fingerprint density at radius 1 is 0.919 bits per heavy atom. The van der Waals surface area contributed by atoms with E-state index in [-0.39, 0.29) is 5.82 Å². The minimum Gasteiger partial charge on any atom is -0.381 e. The number of aryl methyl sites for hydroxylation is 1. The van der Waals surface area contributed by atoms with E-state index in [1.54, 1.807) is 32.1 Å². The standard InChI is InChI=1S/C34H37F2N/c1-7-29(13-8-24(2)20-27-9-11-28(12-10-27)22-34(5,6)36)26(4)37-23-32-15-14-31(21-25(32)3)30-16-18-33(35)19-17-30/h7-19,21,37H,1,4,20,22-23H2,2-3,5-6H3/b24-8+,29-13+. The maximum Gasteiger partial charge on any atom is 0.123 e. The number of benzene rings is 3. The lowest BCUT2D eigenvalue weighted by Gasteiger charge is -2.14. The molecular weight excluding hydrogens is 460 g/mol. The second kappa shape index (κ2) is 12.5. The minimum atomic E-state index is -1.20. The van der Waals surface area contributed by atoms with Gasteiger partial charge in [-0.15, -0.1) is 0 Å². The topological polar surface area (TPSA) is 12.0 Å². The van der Waals surface area contributed by atoms with E-state index in [4.69, 9.17) is 0 Å². The van der Waals surface area contributed by atoms with E-state index in [9.17, 15) is 8.78 Å². The van der Waals surface area contributed by atoms with E-state index in [0.717, 1.165) is 39.9 Å². The summed E-state index contributed by atoms with van der Waals surface area (Å²) in [5.74, 6) is -0.232. The second-order valence-corrected chi connectivity index (χ2v) is 10.2. The maximum atomic E-state index is 13.9. The lowest BCUT2D eigenvalue weighted by molar-refractivity contribution is 0.217. The summed E-state index contributed by atoms with van der Waals surface area (Å²) in [6.45, 7) is 16.2. The lowest BCUT2D eigenvalue weighted by Crippen LogP contribution is -2.15. The molecule has 1 N–H and O–H groups in total. The van der Waals surface area contributed by atoms with Crippen LogP contribution >= 0.6 is 0 Å². The average Bonchev–Trinajstić information content (AvgIpc) is 2.84. The van der Waals surface area contributed by atoms with Crippen molar-refractivity contribution >= 4 is 0 Å². The van der Waals surface area contributed by atoms with Crippen LogP contribution in [-0.4, -0.2) is 5.67 Å². The number of hydrogen-bond donors (Lipinski definition) is 1. The molecule has 0 aromatic heterocycles. The van der Waals surface area contributed by atoms with Gasteiger partial charge < -0.3 is 5.32 Å². The molecule has 0 radical (unpaired) electrons. The molecule has 0 aliphatic rings. The zero-order valence-electron chi connectivity index (χ0n) is 22.4. The van der Waals surface area contributed by atoms with Crippen molar-refractivity contribution in [3.63, 3.8) is 0 Å². The van der Waals surface area contributed by atoms with Gasteiger partial charge in [0.05, 0.1) is 0 Å². The summed E-state index contributed by atoms with van der Waals surface area (Å²) >= 11 is 0. The average molecular weight is 498 g/mol. The third-order valence-corrected chi connectivity index (χ3v) is 6.26. The molecule has 0 aliphatic carbocycles. The summed E-state index contributed by atoms with van der Waals surface area (Å²) in [5, 5.41) is 3.41. The molecule has 3 aromatic rings. The molecule has 0 unspecified atom stereocenters. The van der Waals surface area contributed by atoms with E-state index in [0.29, 0.717) is 13.0 Å². The predicted molar refractivity (Wildman–Crippen MR) is 154 cm³/mol. The highest BCUT2D eigenvalue weighted by Gasteiger charge is 2.15. The van der Waals surface area contributed by atoms with Crippen LogP contribution in [0.3, 0.4) is 0 Å². The van der Waals surface area contributed by atoms with Gasteiger partial charge in [0.15, 0.2) is 0 Å². The van der Waals surface area contributed by atoms with Gasteiger partial charge in [-0.2, -0.15) is 0 Å². The van der Waals surface area contributed by atoms with Crippen molar-refractivity contribution in [1.29, 1.82) is 0 Å². The lowest BCUT2D eigenvalue weighted by atomic mass is 9.97. The van der Waals surface area contributed by atoms with Crippen LogP contribution in [0.25, 0.3) is 11.1 Å². The van der Waals surface area contributed by atoms with Gasteiger partial charge >= 0.3 is 0 Å². The van der Waals surface area contributed by atoms with Gasteiger partial charge in [-0.1, -0.05) is 91.6 Å². The molecule has 0 heterocycles. The van der Waals surface area contributed by atoms with Gasteiger partial charge in [-0.05, 0) is 85.2 Å². The van der Waals surface area contributed by atoms with Crippen LogP contribution in [0.1, 0.15) is 43.0 Å². The number of alkyl halides is 1. The quantitative estimate of drug-likeness (QED) is 0.261. The third kappa shape index (κ3) is 8.71. The van der Waals surface area contributed by atoms with Gasteiger partial charge in [0.25, 0.3) is 0 Å². The molecule has 0 saturated carbocycles. The van der Waals surface area contributed by atoms with Gasteiger partial charge in [0.1, 0.15) is 11.5 Å². The molecule has 0 aliphatic heterocycles. The zero-order chi connectivity index (χ0) is 27.0. The van der Waals surface area contributed by atoms with Gasteiger partial charge in [-0.3, -0.25) is 0 Å². The highest BCUT2D eigenvalue weighted by Crippen LogP contribution is 2.23. The molecule has 3 heteroatoms. The summed E-state index contributed by atoms with van der Waals surface area (Å²) in [6, 6.07) is 21.0. The third-order valence-electron chi connectivity index (χ3n) is 6.26. The fraction of sp³-hybridized carbons (Fsp3) is 0.235. The Labute approximate surface area is 221 Å². The predicted octanol–water partition coefficient (Wildman–Crippen LogP) is 9.00. The Morgan fingerprint density at radius 3 is 2.14 bits per heavy atom. The normalized spacial score (nSPS) is 12.4. The van der Waals surface area contributed by atoms with Crippen molar-refractivity contribution in [1.82, 2.24) is 5.32 Å². The van der Waals surface area contributed by atoms with E-state index >= 15 is 0 Å². The molecule has 0 spiro atoms. The molecule has 3 aromatic carbocycles. The fourth-order valence-corrected chi connectivity index (χ4v) is 4.19. The Morgan fingerprint density at radius 2 is 1.54 bits per heavy atom. The van der Waals surface area contributed by atoms with Crippen molar-refractivity contribution in [2.24, 2.45) is 0 Å². The van der Waals surface area contributed by atoms with Gasteiger partial charge in [-0.25, -0.2) is 8.78 Å². The van der Waals surface area contributed by atoms with Gasteiger partial charge in [0, 0.05) is 18.7 Å². The largest absolute Gasteiger partial charge is 0.381 e. The monoisotopic (exact) mass is 497 g/mol. The molecular formula is C34H37F2N. The Kier molecular flexibility index (Phi) is 9.41. The first-order chi connectivity index (χ1) is 17.5. The first kappa shape index (κ1) is 27.9. The number of hydrogen-bond acceptors (Lipinski definition) is 1. The fourth-order valence-electron chi connectivity index (χ4n) is 4.19. The maximum absolute atomic E-state index is 13.9. The molecule has 192 valence electrons. The van der Waals surface area contributed by atoms with Crippen molar-refractivity contribution in [3.8, 4) is 11.1 Å². The van der Waals surface area contributed by atoms with Crippen LogP contribution < -0.4 is 5.32 Å². The second-order valence-electron chi connectivity index (χ2n) is 10.2. The van der Waals surface area contributed by atoms with E-state index in [1.165, 1.54) is 28.8 Å². The smallest absolute Gasteiger partial charge is 0.123 e. The number of rotatable bonds is 11. The first-order valence-electron chi connectivity index (χ1n) is 12.6. The van der Waals surface area contributed by atoms with Crippen molar-refractivity contribution in [2.75, 3.05) is 0 Å². The van der Waals surface area contributed by atoms with Crippen molar-refractivity contribution in [2.45, 2.75) is 52.8 Å². The molecule has 0 atom stereocenters. The number of allylic oxidation sites excluding steroid dienone is 4. The molecule has 0 bridgehead atoms. The summed E-state index contributed by atoms with van der Waals surface area (Å²) in [4.78, 5) is 0. The zero-order valence-corrected chi connectivity index (χ0v) is 22.4. The summed E-state index contributed by atoms with van der Waals surface area (Å²) in [7, 11) is 0. The van der Waals surface area contributed by atoms with Crippen molar-refractivity contribution in [3.05, 3.63) is 143 Å². The molecule has 0 saturated heterocycles. The molecule has 0 fully saturated rings. The number of nitrogens with one attached hydrogen (secondary N) is 1. The van der Waals surface area contributed by atoms with Crippen LogP contribution in [0.5, 0.6) is 0 Å². The van der Waals surface area contributed by atoms with Crippen LogP contribution in [-0.2, 0) is 19.4 Å². The number of halogens is 2. The van der Waals surface area contributed by atoms with E-state index in [2.05, 4.69) is 68.7 Å². The summed E-state index contributed by atoms with van der Waals surface area (Å²) in [6.07, 6.45) is 7.16. The molecule has 3 rings (SSSR count). The Hall–Kier alpha value is -3.72. The van der Waals surface area contributed by atoms with Crippen LogP contribution in [0.4, 0.5) is 8.78 Å². The summed E-state index contributed by atoms with van der Waals surface area (Å²) < 4.78 is 27.1. The van der Waals surface area contributed by atoms with Crippen molar-refractivity contribution < 1.29 is 8.78 Å². The Balaban J connectivity index is 1.59.